The van der Waals surface area contributed by atoms with Gasteiger partial charge in [0, 0.05) is 17.8 Å². The van der Waals surface area contributed by atoms with Crippen LogP contribution in [0.3, 0.4) is 0 Å². The zero-order chi connectivity index (χ0) is 20.6. The lowest BCUT2D eigenvalue weighted by Gasteiger charge is -2.33. The smallest absolute Gasteiger partial charge is 0.319 e. The lowest BCUT2D eigenvalue weighted by atomic mass is 9.82. The average molecular weight is 373 g/mol. The summed E-state index contributed by atoms with van der Waals surface area (Å²) in [6.45, 7) is 14.6. The van der Waals surface area contributed by atoms with E-state index < -0.39 is 0 Å². The van der Waals surface area contributed by atoms with Crippen LogP contribution in [0.4, 0.5) is 10.5 Å². The first-order chi connectivity index (χ1) is 12.3. The second-order valence-corrected chi connectivity index (χ2v) is 9.58. The first-order valence-corrected chi connectivity index (χ1v) is 9.38. The van der Waals surface area contributed by atoms with Gasteiger partial charge >= 0.3 is 6.03 Å². The van der Waals surface area contributed by atoms with Crippen LogP contribution in [-0.2, 0) is 0 Å². The van der Waals surface area contributed by atoms with Crippen molar-refractivity contribution in [2.45, 2.75) is 60.4 Å². The summed E-state index contributed by atoms with van der Waals surface area (Å²) in [7, 11) is 0. The summed E-state index contributed by atoms with van der Waals surface area (Å²) in [5.41, 5.74) is 0.924. The molecule has 0 aromatic heterocycles. The number of carbonyl (C=O) groups is 3. The quantitative estimate of drug-likeness (QED) is 0.756. The van der Waals surface area contributed by atoms with Crippen LogP contribution in [0.5, 0.6) is 0 Å². The number of nitrogens with zero attached hydrogens (tertiary/aromatic N) is 1. The fourth-order valence-electron chi connectivity index (χ4n) is 3.74. The van der Waals surface area contributed by atoms with Crippen molar-refractivity contribution in [3.05, 3.63) is 29.3 Å². The number of urea groups is 1. The molecule has 0 saturated carbocycles. The van der Waals surface area contributed by atoms with Gasteiger partial charge < -0.3 is 10.6 Å². The van der Waals surface area contributed by atoms with Crippen LogP contribution >= 0.6 is 0 Å². The zero-order valence-electron chi connectivity index (χ0n) is 17.4. The Kier molecular flexibility index (Phi) is 5.68. The summed E-state index contributed by atoms with van der Waals surface area (Å²) >= 11 is 0. The molecule has 0 fully saturated rings. The van der Waals surface area contributed by atoms with Gasteiger partial charge in [0.05, 0.1) is 11.1 Å². The molecular weight excluding hydrogens is 342 g/mol. The topological polar surface area (TPSA) is 78.5 Å². The van der Waals surface area contributed by atoms with Crippen molar-refractivity contribution in [1.29, 1.82) is 0 Å². The normalized spacial score (nSPS) is 14.6. The van der Waals surface area contributed by atoms with Crippen molar-refractivity contribution in [3.63, 3.8) is 0 Å². The molecular formula is C21H31N3O3. The molecule has 2 N–H and O–H groups in total. The van der Waals surface area contributed by atoms with Gasteiger partial charge in [0.15, 0.2) is 0 Å². The molecule has 2 rings (SSSR count). The molecule has 0 saturated heterocycles. The number of imide groups is 1. The molecule has 6 heteroatoms. The van der Waals surface area contributed by atoms with Crippen LogP contribution in [0, 0.1) is 11.3 Å². The van der Waals surface area contributed by atoms with Crippen LogP contribution in [0.25, 0.3) is 0 Å². The molecule has 6 nitrogen and oxygen atoms in total. The summed E-state index contributed by atoms with van der Waals surface area (Å²) in [6.07, 6.45) is 0.814. The number of hydrogen-bond acceptors (Lipinski definition) is 3. The predicted octanol–water partition coefficient (Wildman–Crippen LogP) is 4.27. The first kappa shape index (κ1) is 20.9. The van der Waals surface area contributed by atoms with Crippen molar-refractivity contribution in [3.8, 4) is 0 Å². The largest absolute Gasteiger partial charge is 0.333 e. The third kappa shape index (κ3) is 5.31. The Hall–Kier alpha value is -2.37. The molecule has 0 bridgehead atoms. The summed E-state index contributed by atoms with van der Waals surface area (Å²) in [6, 6.07) is 4.50. The predicted molar refractivity (Wildman–Crippen MR) is 107 cm³/mol. The minimum Gasteiger partial charge on any atom is -0.333 e. The zero-order valence-corrected chi connectivity index (χ0v) is 17.4. The highest BCUT2D eigenvalue weighted by molar-refractivity contribution is 6.21. The van der Waals surface area contributed by atoms with Gasteiger partial charge in [0.2, 0.25) is 0 Å². The molecule has 0 unspecified atom stereocenters. The fourth-order valence-corrected chi connectivity index (χ4v) is 3.74. The summed E-state index contributed by atoms with van der Waals surface area (Å²) in [5.74, 6) is -0.382. The van der Waals surface area contributed by atoms with Crippen LogP contribution < -0.4 is 10.6 Å². The summed E-state index contributed by atoms with van der Waals surface area (Å²) in [4.78, 5) is 38.6. The first-order valence-electron chi connectivity index (χ1n) is 9.38. The molecule has 0 aliphatic carbocycles. The van der Waals surface area contributed by atoms with Gasteiger partial charge in [-0.05, 0) is 49.8 Å². The second-order valence-electron chi connectivity index (χ2n) is 9.58. The van der Waals surface area contributed by atoms with Crippen molar-refractivity contribution >= 4 is 23.5 Å². The molecule has 0 radical (unpaired) electrons. The Balaban J connectivity index is 2.11. The van der Waals surface area contributed by atoms with E-state index in [2.05, 4.69) is 31.4 Å². The Morgan fingerprint density at radius 3 is 2.19 bits per heavy atom. The molecule has 0 atom stereocenters. The molecule has 0 spiro atoms. The van der Waals surface area contributed by atoms with E-state index >= 15 is 0 Å². The van der Waals surface area contributed by atoms with Crippen LogP contribution in [0.2, 0.25) is 0 Å². The number of carbonyl (C=O) groups excluding carboxylic acids is 3. The van der Waals surface area contributed by atoms with E-state index in [0.29, 0.717) is 23.4 Å². The maximum Gasteiger partial charge on any atom is 0.319 e. The SMILES string of the molecule is CC(C)CN1C(=O)c2ccc(NC(=O)NC(C)(C)CC(C)(C)C)cc2C1=O. The maximum absolute atomic E-state index is 12.5. The third-order valence-electron chi connectivity index (χ3n) is 4.20. The van der Waals surface area contributed by atoms with Crippen molar-refractivity contribution in [2.75, 3.05) is 11.9 Å². The molecule has 4 amide bonds. The molecule has 1 aliphatic rings. The lowest BCUT2D eigenvalue weighted by Crippen LogP contribution is -2.47. The third-order valence-corrected chi connectivity index (χ3v) is 4.20. The minimum atomic E-state index is -0.376. The number of fused-ring (bicyclic) bond motifs is 1. The Labute approximate surface area is 161 Å². The highest BCUT2D eigenvalue weighted by Crippen LogP contribution is 2.28. The van der Waals surface area contributed by atoms with Gasteiger partial charge in [-0.15, -0.1) is 0 Å². The Morgan fingerprint density at radius 1 is 1.04 bits per heavy atom. The van der Waals surface area contributed by atoms with Gasteiger partial charge in [-0.2, -0.15) is 0 Å². The molecule has 1 aromatic rings. The monoisotopic (exact) mass is 373 g/mol. The van der Waals surface area contributed by atoms with Crippen LogP contribution in [-0.4, -0.2) is 34.8 Å². The van der Waals surface area contributed by atoms with E-state index in [0.717, 1.165) is 6.42 Å². The summed E-state index contributed by atoms with van der Waals surface area (Å²) < 4.78 is 0. The summed E-state index contributed by atoms with van der Waals surface area (Å²) in [5, 5.41) is 5.74. The van der Waals surface area contributed by atoms with Gasteiger partial charge in [0.25, 0.3) is 11.8 Å². The Morgan fingerprint density at radius 2 is 1.63 bits per heavy atom. The fraction of sp³-hybridized carbons (Fsp3) is 0.571. The standard InChI is InChI=1S/C21H31N3O3/c1-13(2)11-24-17(25)15-9-8-14(10-16(15)18(24)26)22-19(27)23-21(6,7)12-20(3,4)5/h8-10,13H,11-12H2,1-7H3,(H2,22,23,27). The molecule has 148 valence electrons. The van der Waals surface area contributed by atoms with Gasteiger partial charge in [-0.25, -0.2) is 4.79 Å². The highest BCUT2D eigenvalue weighted by atomic mass is 16.2. The highest BCUT2D eigenvalue weighted by Gasteiger charge is 2.36. The van der Waals surface area contributed by atoms with Crippen molar-refractivity contribution < 1.29 is 14.4 Å². The number of anilines is 1. The van der Waals surface area contributed by atoms with E-state index in [1.165, 1.54) is 4.90 Å². The van der Waals surface area contributed by atoms with Crippen LogP contribution in [0.15, 0.2) is 18.2 Å². The van der Waals surface area contributed by atoms with Gasteiger partial charge in [-0.3, -0.25) is 14.5 Å². The van der Waals surface area contributed by atoms with Crippen molar-refractivity contribution in [1.82, 2.24) is 10.2 Å². The van der Waals surface area contributed by atoms with E-state index in [1.807, 2.05) is 27.7 Å². The van der Waals surface area contributed by atoms with Crippen LogP contribution in [0.1, 0.15) is 75.6 Å². The molecule has 27 heavy (non-hydrogen) atoms. The molecule has 1 aliphatic heterocycles. The second kappa shape index (κ2) is 7.33. The van der Waals surface area contributed by atoms with E-state index in [-0.39, 0.29) is 34.7 Å². The number of hydrogen-bond donors (Lipinski definition) is 2. The molecule has 1 heterocycles. The average Bonchev–Trinajstić information content (AvgIpc) is 2.68. The molecule has 1 aromatic carbocycles. The number of rotatable bonds is 5. The number of benzene rings is 1. The number of nitrogens with one attached hydrogen (secondary N) is 2. The maximum atomic E-state index is 12.5. The van der Waals surface area contributed by atoms with Gasteiger partial charge in [-0.1, -0.05) is 34.6 Å². The number of amides is 4. The van der Waals surface area contributed by atoms with E-state index in [4.69, 9.17) is 0 Å². The van der Waals surface area contributed by atoms with E-state index in [1.54, 1.807) is 18.2 Å². The lowest BCUT2D eigenvalue weighted by molar-refractivity contribution is 0.0636. The van der Waals surface area contributed by atoms with Crippen molar-refractivity contribution in [2.24, 2.45) is 11.3 Å². The Bertz CT molecular complexity index is 760. The minimum absolute atomic E-state index is 0.0804. The van der Waals surface area contributed by atoms with Gasteiger partial charge in [0.1, 0.15) is 0 Å². The van der Waals surface area contributed by atoms with E-state index in [9.17, 15) is 14.4 Å².